The van der Waals surface area contributed by atoms with Crippen LogP contribution >= 0.6 is 0 Å². The van der Waals surface area contributed by atoms with E-state index < -0.39 is 15.8 Å². The Morgan fingerprint density at radius 2 is 1.85 bits per heavy atom. The second kappa shape index (κ2) is 6.67. The number of nitrogens with one attached hydrogen (secondary N) is 1. The fourth-order valence-corrected chi connectivity index (χ4v) is 3.17. The molecule has 0 aliphatic carbocycles. The molecule has 5 nitrogen and oxygen atoms in total. The van der Waals surface area contributed by atoms with Crippen LogP contribution in [0.15, 0.2) is 30.3 Å². The summed E-state index contributed by atoms with van der Waals surface area (Å²) in [4.78, 5) is 0. The molecule has 0 bridgehead atoms. The smallest absolute Gasteiger partial charge is 0.211 e. The molecule has 0 spiro atoms. The first-order valence-electron chi connectivity index (χ1n) is 6.78. The van der Waals surface area contributed by atoms with E-state index in [0.717, 1.165) is 5.56 Å². The van der Waals surface area contributed by atoms with Gasteiger partial charge in [0.2, 0.25) is 10.0 Å². The molecule has 1 aliphatic heterocycles. The number of hydrogen-bond acceptors (Lipinski definition) is 4. The molecular weight excluding hydrogens is 278 g/mol. The maximum absolute atomic E-state index is 11.9. The van der Waals surface area contributed by atoms with Crippen LogP contribution in [0.3, 0.4) is 0 Å². The number of hydrogen-bond donors (Lipinski definition) is 1. The molecule has 112 valence electrons. The number of rotatable bonds is 7. The molecular formula is C14H21NO4S. The van der Waals surface area contributed by atoms with Crippen molar-refractivity contribution in [3.05, 3.63) is 35.9 Å². The van der Waals surface area contributed by atoms with Crippen LogP contribution in [0.1, 0.15) is 18.9 Å². The van der Waals surface area contributed by atoms with Crippen molar-refractivity contribution in [1.29, 1.82) is 0 Å². The third-order valence-electron chi connectivity index (χ3n) is 3.30. The van der Waals surface area contributed by atoms with Crippen LogP contribution in [-0.2, 0) is 25.9 Å². The van der Waals surface area contributed by atoms with E-state index in [9.17, 15) is 8.42 Å². The lowest BCUT2D eigenvalue weighted by atomic mass is 10.2. The molecule has 0 atom stereocenters. The summed E-state index contributed by atoms with van der Waals surface area (Å²) in [5.74, 6) is -0.558. The van der Waals surface area contributed by atoms with Crippen LogP contribution in [0, 0.1) is 0 Å². The topological polar surface area (TPSA) is 64.6 Å². The van der Waals surface area contributed by atoms with E-state index in [1.807, 2.05) is 37.3 Å². The predicted octanol–water partition coefficient (Wildman–Crippen LogP) is 1.30. The van der Waals surface area contributed by atoms with Gasteiger partial charge in [-0.05, 0) is 18.9 Å². The molecule has 1 heterocycles. The fourth-order valence-electron chi connectivity index (χ4n) is 2.10. The van der Waals surface area contributed by atoms with Crippen LogP contribution < -0.4 is 4.72 Å². The average Bonchev–Trinajstić information content (AvgIpc) is 2.85. The zero-order chi connectivity index (χ0) is 14.5. The van der Waals surface area contributed by atoms with Gasteiger partial charge in [0.05, 0.1) is 19.0 Å². The van der Waals surface area contributed by atoms with Gasteiger partial charge in [-0.3, -0.25) is 0 Å². The van der Waals surface area contributed by atoms with Gasteiger partial charge in [0.15, 0.2) is 5.79 Å². The number of aryl methyl sites for hydroxylation is 1. The van der Waals surface area contributed by atoms with E-state index in [0.29, 0.717) is 32.6 Å². The van der Waals surface area contributed by atoms with Crippen molar-refractivity contribution >= 4 is 10.0 Å². The lowest BCUT2D eigenvalue weighted by molar-refractivity contribution is -0.145. The van der Waals surface area contributed by atoms with Crippen LogP contribution in [0.5, 0.6) is 0 Å². The van der Waals surface area contributed by atoms with E-state index in [1.54, 1.807) is 0 Å². The first kappa shape index (κ1) is 15.4. The van der Waals surface area contributed by atoms with Gasteiger partial charge in [-0.2, -0.15) is 0 Å². The quantitative estimate of drug-likeness (QED) is 0.824. The summed E-state index contributed by atoms with van der Waals surface area (Å²) < 4.78 is 37.2. The summed E-state index contributed by atoms with van der Waals surface area (Å²) in [6, 6.07) is 9.59. The first-order chi connectivity index (χ1) is 9.49. The van der Waals surface area contributed by atoms with E-state index in [2.05, 4.69) is 4.72 Å². The van der Waals surface area contributed by atoms with E-state index in [1.165, 1.54) is 0 Å². The Morgan fingerprint density at radius 1 is 1.20 bits per heavy atom. The van der Waals surface area contributed by atoms with Gasteiger partial charge in [-0.15, -0.1) is 0 Å². The highest BCUT2D eigenvalue weighted by molar-refractivity contribution is 7.89. The molecule has 1 aromatic carbocycles. The molecule has 0 radical (unpaired) electrons. The van der Waals surface area contributed by atoms with Gasteiger partial charge in [0.25, 0.3) is 0 Å². The third kappa shape index (κ3) is 4.86. The molecule has 1 fully saturated rings. The Labute approximate surface area is 120 Å². The predicted molar refractivity (Wildman–Crippen MR) is 76.9 cm³/mol. The molecule has 0 aromatic heterocycles. The molecule has 2 rings (SSSR count). The molecule has 6 heteroatoms. The molecule has 1 N–H and O–H groups in total. The monoisotopic (exact) mass is 299 g/mol. The third-order valence-corrected chi connectivity index (χ3v) is 4.69. The fraction of sp³-hybridized carbons (Fsp3) is 0.571. The van der Waals surface area contributed by atoms with Crippen molar-refractivity contribution in [2.45, 2.75) is 25.6 Å². The maximum atomic E-state index is 11.9. The van der Waals surface area contributed by atoms with Crippen LogP contribution in [-0.4, -0.2) is 39.7 Å². The van der Waals surface area contributed by atoms with Crippen LogP contribution in [0.4, 0.5) is 0 Å². The van der Waals surface area contributed by atoms with Gasteiger partial charge in [0, 0.05) is 13.0 Å². The Kier molecular flexibility index (Phi) is 5.15. The highest BCUT2D eigenvalue weighted by atomic mass is 32.2. The zero-order valence-electron chi connectivity index (χ0n) is 11.7. The molecule has 20 heavy (non-hydrogen) atoms. The average molecular weight is 299 g/mol. The highest BCUT2D eigenvalue weighted by Gasteiger charge is 2.30. The summed E-state index contributed by atoms with van der Waals surface area (Å²) >= 11 is 0. The second-order valence-electron chi connectivity index (χ2n) is 5.03. The standard InChI is InChI=1S/C14H21NO4S/c1-14(18-10-11-19-14)8-9-15-20(16,17)12-7-13-5-3-2-4-6-13/h2-6,15H,7-12H2,1H3. The van der Waals surface area contributed by atoms with E-state index >= 15 is 0 Å². The van der Waals surface area contributed by atoms with Gasteiger partial charge in [0.1, 0.15) is 0 Å². The van der Waals surface area contributed by atoms with Crippen molar-refractivity contribution in [1.82, 2.24) is 4.72 Å². The van der Waals surface area contributed by atoms with E-state index in [-0.39, 0.29) is 5.75 Å². The SMILES string of the molecule is CC1(CCNS(=O)(=O)CCc2ccccc2)OCCO1. The first-order valence-corrected chi connectivity index (χ1v) is 8.44. The summed E-state index contributed by atoms with van der Waals surface area (Å²) in [6.45, 7) is 3.29. The summed E-state index contributed by atoms with van der Waals surface area (Å²) in [5, 5.41) is 0. The zero-order valence-corrected chi connectivity index (χ0v) is 12.5. The molecule has 1 saturated heterocycles. The summed E-state index contributed by atoms with van der Waals surface area (Å²) in [7, 11) is -3.26. The Morgan fingerprint density at radius 3 is 2.50 bits per heavy atom. The minimum absolute atomic E-state index is 0.0927. The van der Waals surface area contributed by atoms with Gasteiger partial charge >= 0.3 is 0 Å². The Bertz CT molecular complexity index is 509. The summed E-state index contributed by atoms with van der Waals surface area (Å²) in [5.41, 5.74) is 1.02. The van der Waals surface area contributed by atoms with E-state index in [4.69, 9.17) is 9.47 Å². The lowest BCUT2D eigenvalue weighted by Gasteiger charge is -2.22. The largest absolute Gasteiger partial charge is 0.348 e. The van der Waals surface area contributed by atoms with Crippen molar-refractivity contribution in [3.63, 3.8) is 0 Å². The van der Waals surface area contributed by atoms with Crippen LogP contribution in [0.2, 0.25) is 0 Å². The Hall–Kier alpha value is -0.950. The minimum atomic E-state index is -3.26. The van der Waals surface area contributed by atoms with Crippen molar-refractivity contribution in [3.8, 4) is 0 Å². The number of ether oxygens (including phenoxy) is 2. The highest BCUT2D eigenvalue weighted by Crippen LogP contribution is 2.21. The summed E-state index contributed by atoms with van der Waals surface area (Å²) in [6.07, 6.45) is 1.03. The second-order valence-corrected chi connectivity index (χ2v) is 6.96. The maximum Gasteiger partial charge on any atom is 0.211 e. The minimum Gasteiger partial charge on any atom is -0.348 e. The van der Waals surface area contributed by atoms with Crippen molar-refractivity contribution in [2.75, 3.05) is 25.5 Å². The molecule has 0 unspecified atom stereocenters. The lowest BCUT2D eigenvalue weighted by Crippen LogP contribution is -2.34. The van der Waals surface area contributed by atoms with Gasteiger partial charge in [-0.1, -0.05) is 30.3 Å². The van der Waals surface area contributed by atoms with Crippen LogP contribution in [0.25, 0.3) is 0 Å². The van der Waals surface area contributed by atoms with Gasteiger partial charge in [-0.25, -0.2) is 13.1 Å². The van der Waals surface area contributed by atoms with Gasteiger partial charge < -0.3 is 9.47 Å². The molecule has 1 aliphatic rings. The Balaban J connectivity index is 1.74. The molecule has 0 saturated carbocycles. The molecule has 1 aromatic rings. The van der Waals surface area contributed by atoms with Crippen molar-refractivity contribution < 1.29 is 17.9 Å². The van der Waals surface area contributed by atoms with Crippen molar-refractivity contribution in [2.24, 2.45) is 0 Å². The number of sulfonamides is 1. The normalized spacial score (nSPS) is 18.2. The number of benzene rings is 1. The molecule has 0 amide bonds.